The number of aryl methyl sites for hydroxylation is 2. The second kappa shape index (κ2) is 8.87. The minimum absolute atomic E-state index is 0.549. The van der Waals surface area contributed by atoms with Gasteiger partial charge in [-0.25, -0.2) is 0 Å². The predicted molar refractivity (Wildman–Crippen MR) is 99.7 cm³/mol. The Hall–Kier alpha value is -2.62. The van der Waals surface area contributed by atoms with Crippen molar-refractivity contribution in [1.82, 2.24) is 5.32 Å². The van der Waals surface area contributed by atoms with E-state index in [9.17, 15) is 9.59 Å². The first kappa shape index (κ1) is 19.4. The summed E-state index contributed by atoms with van der Waals surface area (Å²) in [7, 11) is 0. The summed E-state index contributed by atoms with van der Waals surface area (Å²) < 4.78 is 0. The van der Waals surface area contributed by atoms with Crippen LogP contribution < -0.4 is 10.6 Å². The molecule has 2 N–H and O–H groups in total. The fraction of sp³-hybridized carbons (Fsp3) is 0.300. The van der Waals surface area contributed by atoms with Crippen LogP contribution >= 0.6 is 0 Å². The van der Waals surface area contributed by atoms with Gasteiger partial charge in [0, 0.05) is 11.4 Å². The zero-order chi connectivity index (χ0) is 18.3. The van der Waals surface area contributed by atoms with Crippen molar-refractivity contribution in [3.63, 3.8) is 0 Å². The largest absolute Gasteiger partial charge is 0.317 e. The number of hydrogen-bond donors (Lipinski definition) is 2. The normalized spacial score (nSPS) is 11.3. The molecule has 1 rings (SSSR count). The Kier molecular flexibility index (Phi) is 7.18. The van der Waals surface area contributed by atoms with E-state index < -0.39 is 11.8 Å². The van der Waals surface area contributed by atoms with E-state index >= 15 is 0 Å². The van der Waals surface area contributed by atoms with Gasteiger partial charge in [0.2, 0.25) is 0 Å². The molecule has 0 aliphatic rings. The summed E-state index contributed by atoms with van der Waals surface area (Å²) in [6.07, 6.45) is 3.07. The fourth-order valence-corrected chi connectivity index (χ4v) is 2.29. The minimum Gasteiger partial charge on any atom is -0.317 e. The van der Waals surface area contributed by atoms with Crippen molar-refractivity contribution in [3.05, 3.63) is 65.4 Å². The third kappa shape index (κ3) is 4.69. The van der Waals surface area contributed by atoms with Crippen LogP contribution in [-0.4, -0.2) is 11.8 Å². The molecule has 0 spiro atoms. The number of hydrogen-bond acceptors (Lipinski definition) is 2. The standard InChI is InChI=1S/C20H26N2O2/c1-7-13(4)17(14(5)8-2)21-19(23)20(24)22-18-15(6)11-10-12-16(18)9-3/h7,10-12H,1,5,8-9H2,2-4,6H3,(H,21,23)(H,22,24)/b17-13+. The van der Waals surface area contributed by atoms with E-state index in [1.807, 2.05) is 45.9 Å². The molecule has 0 aliphatic carbocycles. The summed E-state index contributed by atoms with van der Waals surface area (Å²) in [6.45, 7) is 15.3. The number of benzene rings is 1. The molecular weight excluding hydrogens is 300 g/mol. The number of amides is 2. The van der Waals surface area contributed by atoms with Gasteiger partial charge in [-0.1, -0.05) is 51.3 Å². The number of allylic oxidation sites excluding steroid dienone is 3. The van der Waals surface area contributed by atoms with E-state index in [0.717, 1.165) is 28.7 Å². The first-order valence-corrected chi connectivity index (χ1v) is 8.07. The number of carbonyl (C=O) groups is 2. The van der Waals surface area contributed by atoms with E-state index in [2.05, 4.69) is 23.8 Å². The molecule has 0 atom stereocenters. The maximum absolute atomic E-state index is 12.3. The lowest BCUT2D eigenvalue weighted by atomic mass is 10.1. The van der Waals surface area contributed by atoms with Crippen molar-refractivity contribution in [3.8, 4) is 0 Å². The summed E-state index contributed by atoms with van der Waals surface area (Å²) in [4.78, 5) is 24.6. The average molecular weight is 326 g/mol. The van der Waals surface area contributed by atoms with Gasteiger partial charge in [-0.2, -0.15) is 0 Å². The highest BCUT2D eigenvalue weighted by Crippen LogP contribution is 2.21. The summed E-state index contributed by atoms with van der Waals surface area (Å²) in [6, 6.07) is 5.77. The van der Waals surface area contributed by atoms with Crippen LogP contribution in [0.15, 0.2) is 54.3 Å². The van der Waals surface area contributed by atoms with Crippen molar-refractivity contribution < 1.29 is 9.59 Å². The first-order chi connectivity index (χ1) is 11.3. The Morgan fingerprint density at radius 2 is 1.88 bits per heavy atom. The number of nitrogens with one attached hydrogen (secondary N) is 2. The number of anilines is 1. The molecule has 4 nitrogen and oxygen atoms in total. The molecule has 0 heterocycles. The topological polar surface area (TPSA) is 58.2 Å². The van der Waals surface area contributed by atoms with E-state index in [-0.39, 0.29) is 0 Å². The molecule has 4 heteroatoms. The van der Waals surface area contributed by atoms with Crippen LogP contribution in [0.2, 0.25) is 0 Å². The highest BCUT2D eigenvalue weighted by molar-refractivity contribution is 6.40. The van der Waals surface area contributed by atoms with Crippen LogP contribution in [0.1, 0.15) is 38.3 Å². The Balaban J connectivity index is 2.99. The monoisotopic (exact) mass is 326 g/mol. The van der Waals surface area contributed by atoms with Gasteiger partial charge in [0.25, 0.3) is 0 Å². The Bertz CT molecular complexity index is 700. The van der Waals surface area contributed by atoms with Crippen LogP contribution in [0.5, 0.6) is 0 Å². The van der Waals surface area contributed by atoms with Crippen molar-refractivity contribution in [2.45, 2.75) is 40.5 Å². The van der Waals surface area contributed by atoms with Crippen molar-refractivity contribution in [1.29, 1.82) is 0 Å². The van der Waals surface area contributed by atoms with Crippen molar-refractivity contribution in [2.75, 3.05) is 5.32 Å². The van der Waals surface area contributed by atoms with Crippen molar-refractivity contribution >= 4 is 17.5 Å². The van der Waals surface area contributed by atoms with Crippen LogP contribution in [-0.2, 0) is 16.0 Å². The van der Waals surface area contributed by atoms with Gasteiger partial charge in [-0.3, -0.25) is 9.59 Å². The highest BCUT2D eigenvalue weighted by atomic mass is 16.2. The Labute approximate surface area is 144 Å². The molecule has 128 valence electrons. The van der Waals surface area contributed by atoms with Gasteiger partial charge >= 0.3 is 11.8 Å². The van der Waals surface area contributed by atoms with E-state index in [0.29, 0.717) is 17.8 Å². The van der Waals surface area contributed by atoms with E-state index in [1.165, 1.54) is 0 Å². The molecule has 24 heavy (non-hydrogen) atoms. The molecular formula is C20H26N2O2. The van der Waals surface area contributed by atoms with E-state index in [1.54, 1.807) is 6.08 Å². The Morgan fingerprint density at radius 3 is 2.42 bits per heavy atom. The summed E-state index contributed by atoms with van der Waals surface area (Å²) in [5.41, 5.74) is 4.68. The molecule has 0 saturated carbocycles. The molecule has 2 amide bonds. The van der Waals surface area contributed by atoms with Gasteiger partial charge < -0.3 is 10.6 Å². The predicted octanol–water partition coefficient (Wildman–Crippen LogP) is 4.04. The zero-order valence-electron chi connectivity index (χ0n) is 15.0. The van der Waals surface area contributed by atoms with Gasteiger partial charge in [0.1, 0.15) is 0 Å². The third-order valence-electron chi connectivity index (χ3n) is 3.90. The molecule has 0 saturated heterocycles. The maximum atomic E-state index is 12.3. The summed E-state index contributed by atoms with van der Waals surface area (Å²) in [5.74, 6) is -1.41. The smallest absolute Gasteiger partial charge is 0.314 e. The Morgan fingerprint density at radius 1 is 1.21 bits per heavy atom. The summed E-state index contributed by atoms with van der Waals surface area (Å²) in [5, 5.41) is 5.37. The van der Waals surface area contributed by atoms with Crippen LogP contribution in [0, 0.1) is 6.92 Å². The molecule has 0 unspecified atom stereocenters. The summed E-state index contributed by atoms with van der Waals surface area (Å²) >= 11 is 0. The lowest BCUT2D eigenvalue weighted by Crippen LogP contribution is -2.36. The third-order valence-corrected chi connectivity index (χ3v) is 3.90. The zero-order valence-corrected chi connectivity index (χ0v) is 15.0. The molecule has 0 aromatic heterocycles. The molecule has 1 aromatic carbocycles. The number of carbonyl (C=O) groups excluding carboxylic acids is 2. The first-order valence-electron chi connectivity index (χ1n) is 8.07. The van der Waals surface area contributed by atoms with E-state index in [4.69, 9.17) is 0 Å². The second-order valence-electron chi connectivity index (χ2n) is 5.59. The van der Waals surface area contributed by atoms with Gasteiger partial charge in [-0.15, -0.1) is 0 Å². The maximum Gasteiger partial charge on any atom is 0.314 e. The molecule has 0 fully saturated rings. The lowest BCUT2D eigenvalue weighted by Gasteiger charge is -2.15. The van der Waals surface area contributed by atoms with Crippen molar-refractivity contribution in [2.24, 2.45) is 0 Å². The van der Waals surface area contributed by atoms with Crippen LogP contribution in [0.4, 0.5) is 5.69 Å². The second-order valence-corrected chi connectivity index (χ2v) is 5.59. The fourth-order valence-electron chi connectivity index (χ4n) is 2.29. The average Bonchev–Trinajstić information content (AvgIpc) is 2.59. The minimum atomic E-state index is -0.717. The van der Waals surface area contributed by atoms with Crippen LogP contribution in [0.3, 0.4) is 0 Å². The SMILES string of the molecule is C=C/C(C)=C(/NC(=O)C(=O)Nc1c(C)cccc1CC)C(=C)CC. The molecule has 0 aliphatic heterocycles. The molecule has 1 aromatic rings. The number of rotatable bonds is 6. The molecule has 0 bridgehead atoms. The number of para-hydroxylation sites is 1. The lowest BCUT2D eigenvalue weighted by molar-refractivity contribution is -0.135. The van der Waals surface area contributed by atoms with Crippen LogP contribution in [0.25, 0.3) is 0 Å². The molecule has 0 radical (unpaired) electrons. The van der Waals surface area contributed by atoms with Gasteiger partial charge in [0.15, 0.2) is 0 Å². The van der Waals surface area contributed by atoms with Gasteiger partial charge in [-0.05, 0) is 49.0 Å². The van der Waals surface area contributed by atoms with Gasteiger partial charge in [0.05, 0.1) is 0 Å². The highest BCUT2D eigenvalue weighted by Gasteiger charge is 2.18. The quantitative estimate of drug-likeness (QED) is 0.612.